The summed E-state index contributed by atoms with van der Waals surface area (Å²) < 4.78 is 39.4. The van der Waals surface area contributed by atoms with Gasteiger partial charge in [-0.3, -0.25) is 4.90 Å². The van der Waals surface area contributed by atoms with Crippen LogP contribution in [0.3, 0.4) is 0 Å². The lowest BCUT2D eigenvalue weighted by molar-refractivity contribution is -0.174. The summed E-state index contributed by atoms with van der Waals surface area (Å²) in [4.78, 5) is 1.64. The quantitative estimate of drug-likeness (QED) is 0.505. The standard InChI is InChI=1S/C9H14F3NO2/c1-2-3-13(4-6-14)5-7-15-8-9(10,11)12/h1,14H,3-8H2. The third kappa shape index (κ3) is 9.53. The first-order valence-corrected chi connectivity index (χ1v) is 4.40. The SMILES string of the molecule is C#CCN(CCO)CCOCC(F)(F)F. The van der Waals surface area contributed by atoms with Gasteiger partial charge in [-0.25, -0.2) is 0 Å². The highest BCUT2D eigenvalue weighted by atomic mass is 19.4. The zero-order valence-electron chi connectivity index (χ0n) is 8.26. The lowest BCUT2D eigenvalue weighted by atomic mass is 10.4. The van der Waals surface area contributed by atoms with Crippen LogP contribution in [0.5, 0.6) is 0 Å². The summed E-state index contributed by atoms with van der Waals surface area (Å²) in [5.41, 5.74) is 0. The molecule has 6 heteroatoms. The molecule has 0 aromatic rings. The molecule has 88 valence electrons. The molecule has 0 bridgehead atoms. The Morgan fingerprint density at radius 1 is 1.33 bits per heavy atom. The van der Waals surface area contributed by atoms with Crippen LogP contribution < -0.4 is 0 Å². The third-order valence-corrected chi connectivity index (χ3v) is 1.55. The fraction of sp³-hybridized carbons (Fsp3) is 0.778. The number of nitrogens with zero attached hydrogens (tertiary/aromatic N) is 1. The number of halogens is 3. The van der Waals surface area contributed by atoms with Crippen molar-refractivity contribution in [2.24, 2.45) is 0 Å². The van der Waals surface area contributed by atoms with Crippen LogP contribution in [0, 0.1) is 12.3 Å². The van der Waals surface area contributed by atoms with Gasteiger partial charge >= 0.3 is 6.18 Å². The van der Waals surface area contributed by atoms with Crippen molar-refractivity contribution in [2.75, 3.05) is 39.5 Å². The molecule has 0 aliphatic rings. The normalized spacial score (nSPS) is 11.7. The van der Waals surface area contributed by atoms with Gasteiger partial charge in [0.2, 0.25) is 0 Å². The van der Waals surface area contributed by atoms with Gasteiger partial charge in [0.05, 0.1) is 19.8 Å². The van der Waals surface area contributed by atoms with Crippen molar-refractivity contribution in [2.45, 2.75) is 6.18 Å². The van der Waals surface area contributed by atoms with Crippen LogP contribution in [0.2, 0.25) is 0 Å². The molecule has 3 nitrogen and oxygen atoms in total. The van der Waals surface area contributed by atoms with Crippen LogP contribution in [0.25, 0.3) is 0 Å². The molecule has 0 aliphatic carbocycles. The summed E-state index contributed by atoms with van der Waals surface area (Å²) in [6.45, 7) is -0.492. The van der Waals surface area contributed by atoms with Crippen LogP contribution in [0.1, 0.15) is 0 Å². The zero-order chi connectivity index (χ0) is 11.7. The van der Waals surface area contributed by atoms with Crippen LogP contribution in [0.15, 0.2) is 0 Å². The van der Waals surface area contributed by atoms with Crippen molar-refractivity contribution < 1.29 is 23.0 Å². The topological polar surface area (TPSA) is 32.7 Å². The van der Waals surface area contributed by atoms with E-state index in [0.29, 0.717) is 6.54 Å². The molecule has 0 aromatic heterocycles. The van der Waals surface area contributed by atoms with E-state index in [2.05, 4.69) is 10.7 Å². The molecule has 0 rings (SSSR count). The second-order valence-corrected chi connectivity index (χ2v) is 2.87. The van der Waals surface area contributed by atoms with Crippen LogP contribution >= 0.6 is 0 Å². The number of ether oxygens (including phenoxy) is 1. The average molecular weight is 225 g/mol. The van der Waals surface area contributed by atoms with Crippen molar-refractivity contribution in [3.8, 4) is 12.3 Å². The van der Waals surface area contributed by atoms with Gasteiger partial charge in [-0.1, -0.05) is 5.92 Å². The first-order valence-electron chi connectivity index (χ1n) is 4.40. The predicted molar refractivity (Wildman–Crippen MR) is 49.2 cm³/mol. The second kappa shape index (κ2) is 7.51. The Bertz CT molecular complexity index is 201. The summed E-state index contributed by atoms with van der Waals surface area (Å²) >= 11 is 0. The molecule has 1 N–H and O–H groups in total. The number of hydrogen-bond acceptors (Lipinski definition) is 3. The maximum absolute atomic E-state index is 11.7. The third-order valence-electron chi connectivity index (χ3n) is 1.55. The molecule has 0 saturated carbocycles. The lowest BCUT2D eigenvalue weighted by Crippen LogP contribution is -2.31. The Hall–Kier alpha value is -0.770. The molecule has 0 aliphatic heterocycles. The highest BCUT2D eigenvalue weighted by Gasteiger charge is 2.27. The summed E-state index contributed by atoms with van der Waals surface area (Å²) in [5, 5.41) is 8.62. The van der Waals surface area contributed by atoms with Crippen LogP contribution in [-0.2, 0) is 4.74 Å². The van der Waals surface area contributed by atoms with E-state index in [1.54, 1.807) is 4.90 Å². The number of alkyl halides is 3. The fourth-order valence-corrected chi connectivity index (χ4v) is 0.922. The minimum absolute atomic E-state index is 0.0544. The molecule has 15 heavy (non-hydrogen) atoms. The maximum atomic E-state index is 11.7. The molecule has 0 spiro atoms. The van der Waals surface area contributed by atoms with E-state index < -0.39 is 12.8 Å². The number of aliphatic hydroxyl groups excluding tert-OH is 1. The van der Waals surface area contributed by atoms with Crippen LogP contribution in [-0.4, -0.2) is 55.6 Å². The van der Waals surface area contributed by atoms with Crippen molar-refractivity contribution in [3.05, 3.63) is 0 Å². The van der Waals surface area contributed by atoms with E-state index in [4.69, 9.17) is 11.5 Å². The molecule has 0 aromatic carbocycles. The molecule has 0 heterocycles. The van der Waals surface area contributed by atoms with E-state index in [1.807, 2.05) is 0 Å². The first kappa shape index (κ1) is 14.2. The van der Waals surface area contributed by atoms with Crippen molar-refractivity contribution in [3.63, 3.8) is 0 Å². The van der Waals surface area contributed by atoms with Crippen molar-refractivity contribution in [1.29, 1.82) is 0 Å². The molecule has 0 saturated heterocycles. The number of rotatable bonds is 7. The Kier molecular flexibility index (Phi) is 7.13. The monoisotopic (exact) mass is 225 g/mol. The van der Waals surface area contributed by atoms with E-state index in [-0.39, 0.29) is 26.3 Å². The molecule has 0 atom stereocenters. The van der Waals surface area contributed by atoms with Crippen LogP contribution in [0.4, 0.5) is 13.2 Å². The minimum atomic E-state index is -4.30. The zero-order valence-corrected chi connectivity index (χ0v) is 8.26. The minimum Gasteiger partial charge on any atom is -0.395 e. The van der Waals surface area contributed by atoms with Crippen molar-refractivity contribution >= 4 is 0 Å². The van der Waals surface area contributed by atoms with Gasteiger partial charge in [-0.2, -0.15) is 13.2 Å². The summed E-state index contributed by atoms with van der Waals surface area (Å²) in [5.74, 6) is 2.35. The highest BCUT2D eigenvalue weighted by molar-refractivity contribution is 4.87. The smallest absolute Gasteiger partial charge is 0.395 e. The summed E-state index contributed by atoms with van der Waals surface area (Å²) in [7, 11) is 0. The summed E-state index contributed by atoms with van der Waals surface area (Å²) in [6.07, 6.45) is 0.741. The Balaban J connectivity index is 3.58. The Morgan fingerprint density at radius 2 is 2.00 bits per heavy atom. The molecular weight excluding hydrogens is 211 g/mol. The number of aliphatic hydroxyl groups is 1. The lowest BCUT2D eigenvalue weighted by Gasteiger charge is -2.18. The van der Waals surface area contributed by atoms with Gasteiger partial charge in [-0.15, -0.1) is 6.42 Å². The van der Waals surface area contributed by atoms with Gasteiger partial charge in [0, 0.05) is 13.1 Å². The molecule has 0 fully saturated rings. The van der Waals surface area contributed by atoms with Gasteiger partial charge < -0.3 is 9.84 Å². The van der Waals surface area contributed by atoms with E-state index >= 15 is 0 Å². The molecule has 0 radical (unpaired) electrons. The van der Waals surface area contributed by atoms with E-state index in [1.165, 1.54) is 0 Å². The summed E-state index contributed by atoms with van der Waals surface area (Å²) in [6, 6.07) is 0. The Morgan fingerprint density at radius 3 is 2.47 bits per heavy atom. The van der Waals surface area contributed by atoms with Gasteiger partial charge in [-0.05, 0) is 0 Å². The highest BCUT2D eigenvalue weighted by Crippen LogP contribution is 2.14. The first-order chi connectivity index (χ1) is 6.99. The molecular formula is C9H14F3NO2. The second-order valence-electron chi connectivity index (χ2n) is 2.87. The van der Waals surface area contributed by atoms with E-state index in [9.17, 15) is 13.2 Å². The fourth-order valence-electron chi connectivity index (χ4n) is 0.922. The number of terminal acetylenes is 1. The Labute approximate surface area is 86.8 Å². The molecule has 0 unspecified atom stereocenters. The van der Waals surface area contributed by atoms with Crippen molar-refractivity contribution in [1.82, 2.24) is 4.90 Å². The van der Waals surface area contributed by atoms with E-state index in [0.717, 1.165) is 0 Å². The molecule has 0 amide bonds. The van der Waals surface area contributed by atoms with Gasteiger partial charge in [0.25, 0.3) is 0 Å². The largest absolute Gasteiger partial charge is 0.411 e. The van der Waals surface area contributed by atoms with Gasteiger partial charge in [0.15, 0.2) is 0 Å². The number of hydrogen-bond donors (Lipinski definition) is 1. The predicted octanol–water partition coefficient (Wildman–Crippen LogP) is 0.493. The maximum Gasteiger partial charge on any atom is 0.411 e. The average Bonchev–Trinajstić information content (AvgIpc) is 2.11. The van der Waals surface area contributed by atoms with Gasteiger partial charge in [0.1, 0.15) is 6.61 Å².